The molecule has 4 nitrogen and oxygen atoms in total. The van der Waals surface area contributed by atoms with Crippen molar-refractivity contribution >= 4 is 5.69 Å². The van der Waals surface area contributed by atoms with E-state index in [0.29, 0.717) is 0 Å². The van der Waals surface area contributed by atoms with E-state index in [9.17, 15) is 5.11 Å². The van der Waals surface area contributed by atoms with Crippen LogP contribution in [-0.2, 0) is 18.6 Å². The molecule has 1 fully saturated rings. The summed E-state index contributed by atoms with van der Waals surface area (Å²) < 4.78 is 5.47. The molecule has 0 saturated carbocycles. The minimum atomic E-state index is -0.790. The van der Waals surface area contributed by atoms with Gasteiger partial charge in [-0.1, -0.05) is 30.3 Å². The third kappa shape index (κ3) is 3.69. The summed E-state index contributed by atoms with van der Waals surface area (Å²) in [4.78, 5) is 4.81. The Labute approximate surface area is 162 Å². The van der Waals surface area contributed by atoms with E-state index >= 15 is 0 Å². The highest BCUT2D eigenvalue weighted by Crippen LogP contribution is 2.38. The standard InChI is InChI=1S/C23H30N2O2/c1-24-13-5-6-19-16-18(9-10-21(19)24)17-25-14-11-23(26,12-15-25)20-7-3-4-8-22(20)27-2/h3-4,7-10,16,26H,5-6,11-15,17H2,1-2H3. The van der Waals surface area contributed by atoms with Crippen molar-refractivity contribution in [2.45, 2.75) is 37.8 Å². The van der Waals surface area contributed by atoms with E-state index in [1.165, 1.54) is 29.7 Å². The lowest BCUT2D eigenvalue weighted by atomic mass is 9.83. The summed E-state index contributed by atoms with van der Waals surface area (Å²) in [6, 6.07) is 14.8. The highest BCUT2D eigenvalue weighted by Gasteiger charge is 2.36. The first-order valence-electron chi connectivity index (χ1n) is 10.0. The predicted molar refractivity (Wildman–Crippen MR) is 109 cm³/mol. The summed E-state index contributed by atoms with van der Waals surface area (Å²) in [6.07, 6.45) is 3.89. The first-order valence-corrected chi connectivity index (χ1v) is 10.0. The Morgan fingerprint density at radius 2 is 1.85 bits per heavy atom. The maximum Gasteiger partial charge on any atom is 0.124 e. The van der Waals surface area contributed by atoms with E-state index in [4.69, 9.17) is 4.74 Å². The molecule has 1 N–H and O–H groups in total. The van der Waals surface area contributed by atoms with Crippen LogP contribution < -0.4 is 9.64 Å². The minimum absolute atomic E-state index is 0.737. The van der Waals surface area contributed by atoms with Crippen molar-refractivity contribution in [1.29, 1.82) is 0 Å². The lowest BCUT2D eigenvalue weighted by Gasteiger charge is -2.39. The molecule has 0 bridgehead atoms. The SMILES string of the molecule is COc1ccccc1C1(O)CCN(Cc2ccc3c(c2)CCCN3C)CC1. The molecule has 0 aliphatic carbocycles. The number of para-hydroxylation sites is 1. The lowest BCUT2D eigenvalue weighted by Crippen LogP contribution is -2.42. The van der Waals surface area contributed by atoms with Crippen LogP contribution in [0.3, 0.4) is 0 Å². The molecule has 2 aromatic rings. The van der Waals surface area contributed by atoms with Crippen molar-refractivity contribution in [3.05, 3.63) is 59.2 Å². The Hall–Kier alpha value is -2.04. The van der Waals surface area contributed by atoms with Gasteiger partial charge in [-0.15, -0.1) is 0 Å². The molecule has 0 atom stereocenters. The number of hydrogen-bond donors (Lipinski definition) is 1. The quantitative estimate of drug-likeness (QED) is 0.898. The second-order valence-electron chi connectivity index (χ2n) is 8.00. The Morgan fingerprint density at radius 3 is 2.63 bits per heavy atom. The zero-order valence-electron chi connectivity index (χ0n) is 16.4. The maximum atomic E-state index is 11.2. The Balaban J connectivity index is 1.42. The van der Waals surface area contributed by atoms with Crippen molar-refractivity contribution < 1.29 is 9.84 Å². The molecule has 0 radical (unpaired) electrons. The molecule has 144 valence electrons. The molecule has 2 aliphatic rings. The predicted octanol–water partition coefficient (Wildman–Crippen LogP) is 3.56. The first kappa shape index (κ1) is 18.3. The molecule has 0 amide bonds. The molecule has 0 spiro atoms. The van der Waals surface area contributed by atoms with Gasteiger partial charge >= 0.3 is 0 Å². The number of aryl methyl sites for hydroxylation is 1. The van der Waals surface area contributed by atoms with Crippen molar-refractivity contribution in [2.24, 2.45) is 0 Å². The van der Waals surface area contributed by atoms with Gasteiger partial charge < -0.3 is 14.7 Å². The molecule has 1 saturated heterocycles. The number of methoxy groups -OCH3 is 1. The normalized spacial score (nSPS) is 19.6. The summed E-state index contributed by atoms with van der Waals surface area (Å²) >= 11 is 0. The summed E-state index contributed by atoms with van der Waals surface area (Å²) in [7, 11) is 3.85. The molecule has 2 aliphatic heterocycles. The summed E-state index contributed by atoms with van der Waals surface area (Å²) in [5.74, 6) is 0.784. The van der Waals surface area contributed by atoms with Crippen LogP contribution in [0.2, 0.25) is 0 Å². The van der Waals surface area contributed by atoms with Gasteiger partial charge in [-0.05, 0) is 48.9 Å². The van der Waals surface area contributed by atoms with Crippen LogP contribution in [0.15, 0.2) is 42.5 Å². The van der Waals surface area contributed by atoms with Gasteiger partial charge in [0.25, 0.3) is 0 Å². The minimum Gasteiger partial charge on any atom is -0.496 e. The van der Waals surface area contributed by atoms with E-state index in [1.54, 1.807) is 7.11 Å². The number of ether oxygens (including phenoxy) is 1. The molecule has 27 heavy (non-hydrogen) atoms. The van der Waals surface area contributed by atoms with Gasteiger partial charge in [0.05, 0.1) is 12.7 Å². The lowest BCUT2D eigenvalue weighted by molar-refractivity contribution is -0.0292. The highest BCUT2D eigenvalue weighted by atomic mass is 16.5. The molecule has 0 unspecified atom stereocenters. The fourth-order valence-electron chi connectivity index (χ4n) is 4.57. The Kier molecular flexibility index (Phi) is 5.11. The zero-order chi connectivity index (χ0) is 18.9. The van der Waals surface area contributed by atoms with Crippen molar-refractivity contribution in [3.63, 3.8) is 0 Å². The van der Waals surface area contributed by atoms with E-state index in [-0.39, 0.29) is 0 Å². The second kappa shape index (κ2) is 7.53. The zero-order valence-corrected chi connectivity index (χ0v) is 16.4. The van der Waals surface area contributed by atoms with Gasteiger partial charge in [-0.3, -0.25) is 4.90 Å². The first-order chi connectivity index (χ1) is 13.1. The maximum absolute atomic E-state index is 11.2. The van der Waals surface area contributed by atoms with Crippen molar-refractivity contribution in [3.8, 4) is 5.75 Å². The third-order valence-corrected chi connectivity index (χ3v) is 6.19. The van der Waals surface area contributed by atoms with Crippen LogP contribution in [0.4, 0.5) is 5.69 Å². The van der Waals surface area contributed by atoms with Gasteiger partial charge in [0.15, 0.2) is 0 Å². The number of fused-ring (bicyclic) bond motifs is 1. The summed E-state index contributed by atoms with van der Waals surface area (Å²) in [5, 5.41) is 11.2. The largest absolute Gasteiger partial charge is 0.496 e. The van der Waals surface area contributed by atoms with Crippen LogP contribution >= 0.6 is 0 Å². The summed E-state index contributed by atoms with van der Waals surface area (Å²) in [6.45, 7) is 3.90. The number of piperidine rings is 1. The fraction of sp³-hybridized carbons (Fsp3) is 0.478. The van der Waals surface area contributed by atoms with Gasteiger partial charge in [0.1, 0.15) is 5.75 Å². The molecule has 4 heteroatoms. The molecule has 2 heterocycles. The fourth-order valence-corrected chi connectivity index (χ4v) is 4.57. The second-order valence-corrected chi connectivity index (χ2v) is 8.00. The smallest absolute Gasteiger partial charge is 0.124 e. The van der Waals surface area contributed by atoms with Gasteiger partial charge in [-0.25, -0.2) is 0 Å². The average molecular weight is 367 g/mol. The number of aliphatic hydroxyl groups is 1. The highest BCUT2D eigenvalue weighted by molar-refractivity contribution is 5.56. The van der Waals surface area contributed by atoms with Crippen LogP contribution in [-0.4, -0.2) is 43.8 Å². The van der Waals surface area contributed by atoms with E-state index < -0.39 is 5.60 Å². The molecular formula is C23H30N2O2. The van der Waals surface area contributed by atoms with Crippen molar-refractivity contribution in [2.75, 3.05) is 38.7 Å². The van der Waals surface area contributed by atoms with E-state index in [0.717, 1.165) is 50.3 Å². The molecular weight excluding hydrogens is 336 g/mol. The topological polar surface area (TPSA) is 35.9 Å². The van der Waals surface area contributed by atoms with Gasteiger partial charge in [0, 0.05) is 44.5 Å². The molecule has 4 rings (SSSR count). The number of nitrogens with zero attached hydrogens (tertiary/aromatic N) is 2. The van der Waals surface area contributed by atoms with Crippen molar-refractivity contribution in [1.82, 2.24) is 4.90 Å². The molecule has 0 aromatic heterocycles. The number of hydrogen-bond acceptors (Lipinski definition) is 4. The van der Waals surface area contributed by atoms with E-state index in [2.05, 4.69) is 35.0 Å². The average Bonchev–Trinajstić information content (AvgIpc) is 2.70. The summed E-state index contributed by atoms with van der Waals surface area (Å²) in [5.41, 5.74) is 4.37. The Morgan fingerprint density at radius 1 is 1.07 bits per heavy atom. The Bertz CT molecular complexity index is 797. The van der Waals surface area contributed by atoms with Crippen LogP contribution in [0.5, 0.6) is 5.75 Å². The van der Waals surface area contributed by atoms with Gasteiger partial charge in [0.2, 0.25) is 0 Å². The number of benzene rings is 2. The monoisotopic (exact) mass is 366 g/mol. The number of anilines is 1. The number of likely N-dealkylation sites (tertiary alicyclic amines) is 1. The molecule has 2 aromatic carbocycles. The van der Waals surface area contributed by atoms with Crippen LogP contribution in [0, 0.1) is 0 Å². The van der Waals surface area contributed by atoms with Crippen LogP contribution in [0.25, 0.3) is 0 Å². The van der Waals surface area contributed by atoms with E-state index in [1.807, 2.05) is 24.3 Å². The van der Waals surface area contributed by atoms with Gasteiger partial charge in [-0.2, -0.15) is 0 Å². The number of rotatable bonds is 4. The van der Waals surface area contributed by atoms with Crippen LogP contribution in [0.1, 0.15) is 36.0 Å². The third-order valence-electron chi connectivity index (χ3n) is 6.19.